The lowest BCUT2D eigenvalue weighted by molar-refractivity contribution is 0.263. The Morgan fingerprint density at radius 3 is 2.56 bits per heavy atom. The van der Waals surface area contributed by atoms with Crippen LogP contribution in [0.5, 0.6) is 0 Å². The lowest BCUT2D eigenvalue weighted by Crippen LogP contribution is -2.38. The van der Waals surface area contributed by atoms with Crippen LogP contribution in [0.15, 0.2) is 12.1 Å². The molecule has 1 aromatic carbocycles. The molecule has 0 aromatic heterocycles. The minimum atomic E-state index is 0.170. The Kier molecular flexibility index (Phi) is 3.22. The zero-order chi connectivity index (χ0) is 11.9. The number of nitrogens with one attached hydrogen (secondary N) is 1. The van der Waals surface area contributed by atoms with Crippen LogP contribution in [0, 0.1) is 5.41 Å². The van der Waals surface area contributed by atoms with Gasteiger partial charge in [-0.25, -0.2) is 0 Å². The summed E-state index contributed by atoms with van der Waals surface area (Å²) in [5.74, 6) is 0. The average molecular weight is 258 g/mol. The van der Waals surface area contributed by atoms with E-state index in [-0.39, 0.29) is 5.41 Å². The third-order valence-electron chi connectivity index (χ3n) is 3.10. The quantitative estimate of drug-likeness (QED) is 0.734. The highest BCUT2D eigenvalue weighted by Crippen LogP contribution is 2.40. The number of halogens is 2. The molecule has 1 aromatic rings. The predicted molar refractivity (Wildman–Crippen MR) is 70.4 cm³/mol. The molecular weight excluding hydrogens is 241 g/mol. The normalized spacial score (nSPS) is 20.7. The summed E-state index contributed by atoms with van der Waals surface area (Å²) >= 11 is 12.3. The minimum absolute atomic E-state index is 0.170. The van der Waals surface area contributed by atoms with E-state index in [9.17, 15) is 0 Å². The van der Waals surface area contributed by atoms with Gasteiger partial charge in [0.05, 0.1) is 0 Å². The molecule has 3 heteroatoms. The maximum Gasteiger partial charge on any atom is 0.0456 e. The molecule has 0 aliphatic carbocycles. The van der Waals surface area contributed by atoms with Crippen molar-refractivity contribution in [3.05, 3.63) is 33.3 Å². The van der Waals surface area contributed by atoms with Gasteiger partial charge >= 0.3 is 0 Å². The molecule has 1 nitrogen and oxygen atoms in total. The third-order valence-corrected chi connectivity index (χ3v) is 3.65. The van der Waals surface area contributed by atoms with Gasteiger partial charge in [0.2, 0.25) is 0 Å². The maximum absolute atomic E-state index is 6.25. The van der Waals surface area contributed by atoms with Crippen molar-refractivity contribution in [1.82, 2.24) is 5.32 Å². The van der Waals surface area contributed by atoms with E-state index in [0.717, 1.165) is 23.0 Å². The van der Waals surface area contributed by atoms with E-state index in [2.05, 4.69) is 26.1 Å². The molecule has 0 bridgehead atoms. The van der Waals surface area contributed by atoms with Crippen LogP contribution >= 0.6 is 23.2 Å². The van der Waals surface area contributed by atoms with Gasteiger partial charge in [0.25, 0.3) is 0 Å². The van der Waals surface area contributed by atoms with E-state index in [4.69, 9.17) is 23.2 Å². The highest BCUT2D eigenvalue weighted by molar-refractivity contribution is 6.35. The SMILES string of the molecule is CC(C)(C)C1NCCc2c(Cl)cc(Cl)cc21. The molecule has 0 spiro atoms. The van der Waals surface area contributed by atoms with Gasteiger partial charge in [0.1, 0.15) is 0 Å². The van der Waals surface area contributed by atoms with Gasteiger partial charge in [-0.1, -0.05) is 44.0 Å². The van der Waals surface area contributed by atoms with Crippen LogP contribution < -0.4 is 5.32 Å². The van der Waals surface area contributed by atoms with Crippen molar-refractivity contribution >= 4 is 23.2 Å². The monoisotopic (exact) mass is 257 g/mol. The molecule has 0 saturated heterocycles. The van der Waals surface area contributed by atoms with Gasteiger partial charge in [-0.3, -0.25) is 0 Å². The first kappa shape index (κ1) is 12.2. The van der Waals surface area contributed by atoms with E-state index in [1.54, 1.807) is 0 Å². The van der Waals surface area contributed by atoms with Crippen LogP contribution in [-0.2, 0) is 6.42 Å². The first-order valence-corrected chi connectivity index (χ1v) is 6.36. The first-order valence-electron chi connectivity index (χ1n) is 5.61. The van der Waals surface area contributed by atoms with Crippen molar-refractivity contribution in [2.75, 3.05) is 6.54 Å². The van der Waals surface area contributed by atoms with Crippen LogP contribution in [0.2, 0.25) is 10.0 Å². The van der Waals surface area contributed by atoms with E-state index < -0.39 is 0 Å². The third kappa shape index (κ3) is 2.22. The molecule has 0 saturated carbocycles. The Balaban J connectivity index is 2.54. The lowest BCUT2D eigenvalue weighted by atomic mass is 9.78. The van der Waals surface area contributed by atoms with Crippen molar-refractivity contribution < 1.29 is 0 Å². The van der Waals surface area contributed by atoms with Crippen LogP contribution in [-0.4, -0.2) is 6.54 Å². The number of benzene rings is 1. The van der Waals surface area contributed by atoms with Crippen molar-refractivity contribution in [1.29, 1.82) is 0 Å². The molecular formula is C13H17Cl2N. The summed E-state index contributed by atoms with van der Waals surface area (Å²) in [7, 11) is 0. The number of hydrogen-bond acceptors (Lipinski definition) is 1. The van der Waals surface area contributed by atoms with E-state index >= 15 is 0 Å². The van der Waals surface area contributed by atoms with Crippen molar-refractivity contribution in [3.63, 3.8) is 0 Å². The van der Waals surface area contributed by atoms with Gasteiger partial charge in [0.15, 0.2) is 0 Å². The molecule has 1 aliphatic heterocycles. The maximum atomic E-state index is 6.25. The Labute approximate surface area is 107 Å². The van der Waals surface area contributed by atoms with Crippen LogP contribution in [0.25, 0.3) is 0 Å². The van der Waals surface area contributed by atoms with Gasteiger partial charge in [-0.05, 0) is 41.6 Å². The molecule has 1 heterocycles. The summed E-state index contributed by atoms with van der Waals surface area (Å²) < 4.78 is 0. The topological polar surface area (TPSA) is 12.0 Å². The molecule has 1 unspecified atom stereocenters. The highest BCUT2D eigenvalue weighted by Gasteiger charge is 2.31. The summed E-state index contributed by atoms with van der Waals surface area (Å²) in [6.45, 7) is 7.67. The fourth-order valence-electron chi connectivity index (χ4n) is 2.37. The predicted octanol–water partition coefficient (Wildman–Crippen LogP) is 4.23. The molecule has 0 fully saturated rings. The van der Waals surface area contributed by atoms with Gasteiger partial charge < -0.3 is 5.32 Å². The average Bonchev–Trinajstić information content (AvgIpc) is 2.15. The Morgan fingerprint density at radius 2 is 1.94 bits per heavy atom. The molecule has 0 radical (unpaired) electrons. The summed E-state index contributed by atoms with van der Waals surface area (Å²) in [5.41, 5.74) is 2.68. The fraction of sp³-hybridized carbons (Fsp3) is 0.538. The lowest BCUT2D eigenvalue weighted by Gasteiger charge is -2.37. The molecule has 1 atom stereocenters. The second-order valence-corrected chi connectivity index (χ2v) is 6.30. The number of fused-ring (bicyclic) bond motifs is 1. The van der Waals surface area contributed by atoms with Crippen LogP contribution in [0.3, 0.4) is 0 Å². The first-order chi connectivity index (χ1) is 7.39. The molecule has 0 amide bonds. The molecule has 1 aliphatic rings. The van der Waals surface area contributed by atoms with Crippen molar-refractivity contribution in [2.45, 2.75) is 33.2 Å². The zero-order valence-electron chi connectivity index (χ0n) is 9.90. The van der Waals surface area contributed by atoms with Crippen molar-refractivity contribution in [2.24, 2.45) is 5.41 Å². The van der Waals surface area contributed by atoms with E-state index in [0.29, 0.717) is 6.04 Å². The smallest absolute Gasteiger partial charge is 0.0456 e. The summed E-state index contributed by atoms with van der Waals surface area (Å²) in [6.07, 6.45) is 0.984. The standard InChI is InChI=1S/C13H17Cl2N/c1-13(2,3)12-10-6-8(14)7-11(15)9(10)4-5-16-12/h6-7,12,16H,4-5H2,1-3H3. The second-order valence-electron chi connectivity index (χ2n) is 5.46. The summed E-state index contributed by atoms with van der Waals surface area (Å²) in [6, 6.07) is 4.21. The Hall–Kier alpha value is -0.240. The largest absolute Gasteiger partial charge is 0.309 e. The minimum Gasteiger partial charge on any atom is -0.309 e. The molecule has 88 valence electrons. The zero-order valence-corrected chi connectivity index (χ0v) is 11.4. The molecule has 1 N–H and O–H groups in total. The Morgan fingerprint density at radius 1 is 1.25 bits per heavy atom. The van der Waals surface area contributed by atoms with Crippen molar-refractivity contribution in [3.8, 4) is 0 Å². The van der Waals surface area contributed by atoms with E-state index in [1.165, 1.54) is 11.1 Å². The van der Waals surface area contributed by atoms with Crippen LogP contribution in [0.4, 0.5) is 0 Å². The number of hydrogen-bond donors (Lipinski definition) is 1. The fourth-order valence-corrected chi connectivity index (χ4v) is 2.97. The second kappa shape index (κ2) is 4.21. The van der Waals surface area contributed by atoms with Gasteiger partial charge in [-0.2, -0.15) is 0 Å². The Bertz CT molecular complexity index is 407. The molecule has 2 rings (SSSR count). The van der Waals surface area contributed by atoms with Gasteiger partial charge in [0, 0.05) is 16.1 Å². The summed E-state index contributed by atoms with van der Waals surface area (Å²) in [5, 5.41) is 5.08. The van der Waals surface area contributed by atoms with Gasteiger partial charge in [-0.15, -0.1) is 0 Å². The van der Waals surface area contributed by atoms with Crippen LogP contribution in [0.1, 0.15) is 37.9 Å². The number of rotatable bonds is 0. The highest BCUT2D eigenvalue weighted by atomic mass is 35.5. The van der Waals surface area contributed by atoms with E-state index in [1.807, 2.05) is 12.1 Å². The summed E-state index contributed by atoms with van der Waals surface area (Å²) in [4.78, 5) is 0. The molecule has 16 heavy (non-hydrogen) atoms.